The average molecular weight is 244 g/mol. The Balaban J connectivity index is 0.00000169. The van der Waals surface area contributed by atoms with Gasteiger partial charge in [-0.3, -0.25) is 9.78 Å². The molecule has 6 heteroatoms. The third kappa shape index (κ3) is 3.66. The summed E-state index contributed by atoms with van der Waals surface area (Å²) in [5.74, 6) is -1.49. The molecular weight excluding hydrogens is 236 g/mol. The first-order chi connectivity index (χ1) is 6.24. The van der Waals surface area contributed by atoms with Gasteiger partial charge in [0.25, 0.3) is 0 Å². The quantitative estimate of drug-likeness (QED) is 0.439. The molecule has 0 aliphatic rings. The van der Waals surface area contributed by atoms with Gasteiger partial charge in [0.1, 0.15) is 0 Å². The molecule has 0 fully saturated rings. The van der Waals surface area contributed by atoms with Crippen LogP contribution in [0.3, 0.4) is 0 Å². The third-order valence-electron chi connectivity index (χ3n) is 1.27. The summed E-state index contributed by atoms with van der Waals surface area (Å²) >= 11 is 0. The maximum atomic E-state index is 11.1. The van der Waals surface area contributed by atoms with Crippen molar-refractivity contribution in [2.45, 2.75) is 0 Å². The van der Waals surface area contributed by atoms with E-state index in [4.69, 9.17) is 5.73 Å². The van der Waals surface area contributed by atoms with Gasteiger partial charge in [-0.25, -0.2) is 4.79 Å². The molecule has 0 amide bonds. The monoisotopic (exact) mass is 243 g/mol. The number of hydrogen-bond donors (Lipinski definition) is 1. The second-order valence-electron chi connectivity index (χ2n) is 2.21. The number of carbonyl (C=O) groups is 2. The van der Waals surface area contributed by atoms with Crippen molar-refractivity contribution in [2.24, 2.45) is 5.73 Å². The molecule has 1 rings (SSSR count). The summed E-state index contributed by atoms with van der Waals surface area (Å²) in [6.45, 7) is -0.313. The minimum Gasteiger partial charge on any atom is -0.388 e. The van der Waals surface area contributed by atoms with Crippen molar-refractivity contribution in [3.63, 3.8) is 0 Å². The Morgan fingerprint density at radius 3 is 2.71 bits per heavy atom. The first kappa shape index (κ1) is 12.8. The number of pyridine rings is 1. The van der Waals surface area contributed by atoms with E-state index < -0.39 is 11.9 Å². The summed E-state index contributed by atoms with van der Waals surface area (Å²) in [4.78, 5) is 25.4. The minimum absolute atomic E-state index is 0. The summed E-state index contributed by atoms with van der Waals surface area (Å²) in [6.07, 6.45) is 2.83. The first-order valence-electron chi connectivity index (χ1n) is 3.59. The number of hydrogen-bond acceptors (Lipinski definition) is 5. The van der Waals surface area contributed by atoms with E-state index >= 15 is 0 Å². The van der Waals surface area contributed by atoms with Gasteiger partial charge in [0.05, 0.1) is 12.1 Å². The molecule has 2 N–H and O–H groups in total. The standard InChI is InChI=1S/C8H8N2O3.Cu/c9-4-7(11)13-8(12)6-2-1-3-10-5-6;/h1-3,5H,4,9H2;. The Labute approximate surface area is 91.1 Å². The number of rotatable bonds is 2. The van der Waals surface area contributed by atoms with Crippen LogP contribution in [0.2, 0.25) is 0 Å². The van der Waals surface area contributed by atoms with E-state index in [0.29, 0.717) is 0 Å². The Morgan fingerprint density at radius 1 is 1.50 bits per heavy atom. The largest absolute Gasteiger partial charge is 0.388 e. The van der Waals surface area contributed by atoms with Crippen molar-refractivity contribution in [2.75, 3.05) is 6.54 Å². The average Bonchev–Trinajstić information content (AvgIpc) is 2.19. The summed E-state index contributed by atoms with van der Waals surface area (Å²) < 4.78 is 4.34. The zero-order chi connectivity index (χ0) is 9.68. The number of carbonyl (C=O) groups excluding carboxylic acids is 2. The third-order valence-corrected chi connectivity index (χ3v) is 1.27. The van der Waals surface area contributed by atoms with Crippen LogP contribution in [-0.4, -0.2) is 23.5 Å². The number of ether oxygens (including phenoxy) is 1. The van der Waals surface area contributed by atoms with Crippen LogP contribution < -0.4 is 5.73 Å². The molecule has 1 aromatic heterocycles. The molecule has 0 bridgehead atoms. The fraction of sp³-hybridized carbons (Fsp3) is 0.125. The van der Waals surface area contributed by atoms with E-state index in [1.54, 1.807) is 6.07 Å². The zero-order valence-electron chi connectivity index (χ0n) is 7.07. The predicted octanol–water partition coefficient (Wildman–Crippen LogP) is -0.279. The van der Waals surface area contributed by atoms with Gasteiger partial charge in [0.2, 0.25) is 0 Å². The van der Waals surface area contributed by atoms with E-state index in [9.17, 15) is 9.59 Å². The van der Waals surface area contributed by atoms with E-state index in [1.165, 1.54) is 18.5 Å². The molecule has 0 aromatic carbocycles. The molecule has 0 spiro atoms. The van der Waals surface area contributed by atoms with Gasteiger partial charge in [-0.15, -0.1) is 0 Å². The number of aromatic nitrogens is 1. The summed E-state index contributed by atoms with van der Waals surface area (Å²) in [5, 5.41) is 0. The molecule has 0 aliphatic heterocycles. The topological polar surface area (TPSA) is 82.3 Å². The van der Waals surface area contributed by atoms with Gasteiger partial charge in [-0.2, -0.15) is 0 Å². The molecule has 0 saturated heterocycles. The second-order valence-corrected chi connectivity index (χ2v) is 2.21. The number of esters is 2. The smallest absolute Gasteiger partial charge is 0.347 e. The molecule has 79 valence electrons. The van der Waals surface area contributed by atoms with Crippen LogP contribution in [0.25, 0.3) is 0 Å². The van der Waals surface area contributed by atoms with E-state index in [0.717, 1.165) is 0 Å². The van der Waals surface area contributed by atoms with Gasteiger partial charge in [0.15, 0.2) is 0 Å². The normalized spacial score (nSPS) is 8.64. The van der Waals surface area contributed by atoms with Crippen molar-refractivity contribution < 1.29 is 31.4 Å². The molecule has 0 aliphatic carbocycles. The molecule has 0 unspecified atom stereocenters. The SMILES string of the molecule is NCC(=O)OC(=O)c1cccnc1.[Cu]. The van der Waals surface area contributed by atoms with Gasteiger partial charge in [-0.05, 0) is 12.1 Å². The fourth-order valence-electron chi connectivity index (χ4n) is 0.687. The van der Waals surface area contributed by atoms with Gasteiger partial charge in [0, 0.05) is 29.5 Å². The van der Waals surface area contributed by atoms with Crippen LogP contribution in [0.4, 0.5) is 0 Å². The van der Waals surface area contributed by atoms with Crippen molar-refractivity contribution in [3.05, 3.63) is 30.1 Å². The van der Waals surface area contributed by atoms with Crippen LogP contribution in [0.5, 0.6) is 0 Å². The summed E-state index contributed by atoms with van der Waals surface area (Å²) in [6, 6.07) is 3.07. The van der Waals surface area contributed by atoms with Crippen LogP contribution in [0, 0.1) is 0 Å². The van der Waals surface area contributed by atoms with Crippen molar-refractivity contribution in [3.8, 4) is 0 Å². The Bertz CT molecular complexity index is 316. The molecule has 1 radical (unpaired) electrons. The summed E-state index contributed by atoms with van der Waals surface area (Å²) in [7, 11) is 0. The Kier molecular flexibility index (Phi) is 5.71. The predicted molar refractivity (Wildman–Crippen MR) is 43.7 cm³/mol. The number of nitrogens with zero attached hydrogens (tertiary/aromatic N) is 1. The molecule has 1 heterocycles. The van der Waals surface area contributed by atoms with Crippen molar-refractivity contribution in [1.29, 1.82) is 0 Å². The van der Waals surface area contributed by atoms with Crippen molar-refractivity contribution >= 4 is 11.9 Å². The zero-order valence-corrected chi connectivity index (χ0v) is 8.01. The van der Waals surface area contributed by atoms with Crippen LogP contribution in [-0.2, 0) is 26.6 Å². The van der Waals surface area contributed by atoms with Gasteiger partial charge < -0.3 is 10.5 Å². The maximum absolute atomic E-state index is 11.1. The molecule has 0 saturated carbocycles. The van der Waals surface area contributed by atoms with Gasteiger partial charge in [-0.1, -0.05) is 0 Å². The summed E-state index contributed by atoms with van der Waals surface area (Å²) in [5.41, 5.74) is 5.18. The molecule has 5 nitrogen and oxygen atoms in total. The van der Waals surface area contributed by atoms with Crippen molar-refractivity contribution in [1.82, 2.24) is 4.98 Å². The number of nitrogens with two attached hydrogens (primary N) is 1. The Hall–Kier alpha value is -1.23. The maximum Gasteiger partial charge on any atom is 0.347 e. The fourth-order valence-corrected chi connectivity index (χ4v) is 0.687. The van der Waals surface area contributed by atoms with Crippen LogP contribution >= 0.6 is 0 Å². The van der Waals surface area contributed by atoms with E-state index in [2.05, 4.69) is 9.72 Å². The molecule has 1 aromatic rings. The van der Waals surface area contributed by atoms with Crippen LogP contribution in [0.15, 0.2) is 24.5 Å². The first-order valence-corrected chi connectivity index (χ1v) is 3.59. The molecule has 14 heavy (non-hydrogen) atoms. The Morgan fingerprint density at radius 2 is 2.21 bits per heavy atom. The molecule has 0 atom stereocenters. The van der Waals surface area contributed by atoms with E-state index in [1.807, 2.05) is 0 Å². The minimum atomic E-state index is -0.756. The molecular formula is C8H8CuN2O3. The van der Waals surface area contributed by atoms with E-state index in [-0.39, 0.29) is 29.2 Å². The van der Waals surface area contributed by atoms with Gasteiger partial charge >= 0.3 is 11.9 Å². The second kappa shape index (κ2) is 6.26. The van der Waals surface area contributed by atoms with Crippen LogP contribution in [0.1, 0.15) is 10.4 Å².